The molecule has 1 atom stereocenters. The van der Waals surface area contributed by atoms with Gasteiger partial charge in [0.15, 0.2) is 5.25 Å². The number of rotatable bonds is 4. The van der Waals surface area contributed by atoms with E-state index in [1.165, 1.54) is 25.2 Å². The Labute approximate surface area is 98.5 Å². The van der Waals surface area contributed by atoms with Gasteiger partial charge in [-0.3, -0.25) is 9.10 Å². The lowest BCUT2D eigenvalue weighted by Crippen LogP contribution is -2.38. The van der Waals surface area contributed by atoms with Crippen molar-refractivity contribution in [2.24, 2.45) is 0 Å². The summed E-state index contributed by atoms with van der Waals surface area (Å²) in [6.45, 7) is 1.06. The van der Waals surface area contributed by atoms with Crippen LogP contribution >= 0.6 is 0 Å². The normalized spacial score (nSPS) is 13.1. The maximum absolute atomic E-state index is 12.9. The third-order valence-electron chi connectivity index (χ3n) is 2.35. The Balaban J connectivity index is 3.13. The minimum absolute atomic E-state index is 0.0816. The van der Waals surface area contributed by atoms with E-state index in [9.17, 15) is 17.6 Å². The van der Waals surface area contributed by atoms with Crippen molar-refractivity contribution in [2.75, 3.05) is 11.4 Å². The molecule has 0 fully saturated rings. The average molecular weight is 261 g/mol. The fraction of sp³-hybridized carbons (Fsp3) is 0.300. The topological polar surface area (TPSA) is 74.7 Å². The Hall–Kier alpha value is -1.63. The number of aliphatic carboxylic acids is 1. The summed E-state index contributed by atoms with van der Waals surface area (Å²) < 4.78 is 37.3. The molecule has 0 saturated heterocycles. The summed E-state index contributed by atoms with van der Waals surface area (Å²) in [4.78, 5) is 10.7. The molecule has 0 spiro atoms. The van der Waals surface area contributed by atoms with Crippen LogP contribution < -0.4 is 4.31 Å². The Morgan fingerprint density at radius 2 is 2.06 bits per heavy atom. The van der Waals surface area contributed by atoms with E-state index in [2.05, 4.69) is 0 Å². The highest BCUT2D eigenvalue weighted by molar-refractivity contribution is 7.94. The summed E-state index contributed by atoms with van der Waals surface area (Å²) in [5, 5.41) is 7.10. The number of benzene rings is 1. The van der Waals surface area contributed by atoms with E-state index >= 15 is 0 Å². The minimum Gasteiger partial charge on any atom is -0.480 e. The first kappa shape index (κ1) is 13.4. The van der Waals surface area contributed by atoms with Crippen molar-refractivity contribution in [1.82, 2.24) is 0 Å². The third kappa shape index (κ3) is 2.73. The number of halogens is 1. The van der Waals surface area contributed by atoms with Gasteiger partial charge in [0.25, 0.3) is 0 Å². The van der Waals surface area contributed by atoms with E-state index in [4.69, 9.17) is 5.11 Å². The van der Waals surface area contributed by atoms with Gasteiger partial charge in [-0.2, -0.15) is 0 Å². The molecule has 0 amide bonds. The largest absolute Gasteiger partial charge is 0.480 e. The SMILES string of the molecule is CC(C(=O)O)S(=O)(=O)N(C)c1cccc(F)c1. The molecular formula is C10H12FNO4S. The van der Waals surface area contributed by atoms with Gasteiger partial charge in [0, 0.05) is 7.05 Å². The number of hydrogen-bond acceptors (Lipinski definition) is 3. The van der Waals surface area contributed by atoms with Crippen molar-refractivity contribution in [3.63, 3.8) is 0 Å². The van der Waals surface area contributed by atoms with Crippen molar-refractivity contribution in [2.45, 2.75) is 12.2 Å². The monoisotopic (exact) mass is 261 g/mol. The highest BCUT2D eigenvalue weighted by Crippen LogP contribution is 2.19. The molecule has 1 rings (SSSR count). The quantitative estimate of drug-likeness (QED) is 0.879. The molecule has 1 aromatic rings. The van der Waals surface area contributed by atoms with Gasteiger partial charge in [-0.05, 0) is 25.1 Å². The Bertz CT molecular complexity index is 529. The Morgan fingerprint density at radius 3 is 2.53 bits per heavy atom. The maximum Gasteiger partial charge on any atom is 0.323 e. The number of sulfonamides is 1. The maximum atomic E-state index is 12.9. The van der Waals surface area contributed by atoms with Crippen LogP contribution in [0.4, 0.5) is 10.1 Å². The summed E-state index contributed by atoms with van der Waals surface area (Å²) in [6, 6.07) is 4.92. The first-order valence-electron chi connectivity index (χ1n) is 4.73. The molecule has 0 heterocycles. The summed E-state index contributed by atoms with van der Waals surface area (Å²) >= 11 is 0. The van der Waals surface area contributed by atoms with Crippen LogP contribution in [0.1, 0.15) is 6.92 Å². The molecule has 7 heteroatoms. The van der Waals surface area contributed by atoms with E-state index in [0.717, 1.165) is 17.3 Å². The van der Waals surface area contributed by atoms with Gasteiger partial charge < -0.3 is 5.11 Å². The van der Waals surface area contributed by atoms with Crippen LogP contribution in [0.5, 0.6) is 0 Å². The lowest BCUT2D eigenvalue weighted by Gasteiger charge is -2.21. The molecule has 0 saturated carbocycles. The predicted molar refractivity (Wildman–Crippen MR) is 60.8 cm³/mol. The van der Waals surface area contributed by atoms with Gasteiger partial charge in [0.05, 0.1) is 5.69 Å². The van der Waals surface area contributed by atoms with Crippen LogP contribution in [0.25, 0.3) is 0 Å². The van der Waals surface area contributed by atoms with E-state index in [0.29, 0.717) is 0 Å². The molecule has 0 bridgehead atoms. The van der Waals surface area contributed by atoms with Gasteiger partial charge in [0.2, 0.25) is 10.0 Å². The van der Waals surface area contributed by atoms with Crippen molar-refractivity contribution in [3.05, 3.63) is 30.1 Å². The fourth-order valence-electron chi connectivity index (χ4n) is 1.18. The predicted octanol–water partition coefficient (Wildman–Crippen LogP) is 1.06. The van der Waals surface area contributed by atoms with Crippen molar-refractivity contribution in [3.8, 4) is 0 Å². The van der Waals surface area contributed by atoms with Gasteiger partial charge in [-0.25, -0.2) is 12.8 Å². The zero-order valence-corrected chi connectivity index (χ0v) is 10.1. The first-order chi connectivity index (χ1) is 7.76. The van der Waals surface area contributed by atoms with E-state index in [1.54, 1.807) is 0 Å². The lowest BCUT2D eigenvalue weighted by atomic mass is 10.3. The van der Waals surface area contributed by atoms with Crippen molar-refractivity contribution < 1.29 is 22.7 Å². The molecule has 1 N–H and O–H groups in total. The molecular weight excluding hydrogens is 249 g/mol. The number of anilines is 1. The average Bonchev–Trinajstić information content (AvgIpc) is 2.26. The van der Waals surface area contributed by atoms with Gasteiger partial charge in [-0.1, -0.05) is 6.07 Å². The molecule has 5 nitrogen and oxygen atoms in total. The van der Waals surface area contributed by atoms with Crippen LogP contribution in [-0.2, 0) is 14.8 Å². The number of carbonyl (C=O) groups is 1. The van der Waals surface area contributed by atoms with Crippen molar-refractivity contribution >= 4 is 21.7 Å². The van der Waals surface area contributed by atoms with Gasteiger partial charge in [-0.15, -0.1) is 0 Å². The lowest BCUT2D eigenvalue weighted by molar-refractivity contribution is -0.136. The molecule has 0 aromatic heterocycles. The van der Waals surface area contributed by atoms with E-state index in [1.807, 2.05) is 0 Å². The molecule has 0 aliphatic heterocycles. The second-order valence-corrected chi connectivity index (χ2v) is 5.76. The summed E-state index contributed by atoms with van der Waals surface area (Å²) in [5.41, 5.74) is 0.0816. The molecule has 17 heavy (non-hydrogen) atoms. The molecule has 0 aliphatic rings. The van der Waals surface area contributed by atoms with Gasteiger partial charge >= 0.3 is 5.97 Å². The zero-order chi connectivity index (χ0) is 13.2. The van der Waals surface area contributed by atoms with Crippen molar-refractivity contribution in [1.29, 1.82) is 0 Å². The highest BCUT2D eigenvalue weighted by Gasteiger charge is 2.31. The van der Waals surface area contributed by atoms with Crippen LogP contribution in [0.15, 0.2) is 24.3 Å². The third-order valence-corrected chi connectivity index (χ3v) is 4.42. The first-order valence-corrected chi connectivity index (χ1v) is 6.23. The standard InChI is InChI=1S/C10H12FNO4S/c1-7(10(13)14)17(15,16)12(2)9-5-3-4-8(11)6-9/h3-7H,1-2H3,(H,13,14). The zero-order valence-electron chi connectivity index (χ0n) is 9.29. The number of carboxylic acid groups (broad SMARTS) is 1. The van der Waals surface area contributed by atoms with Gasteiger partial charge in [0.1, 0.15) is 5.82 Å². The van der Waals surface area contributed by atoms with E-state index in [-0.39, 0.29) is 5.69 Å². The molecule has 0 radical (unpaired) electrons. The Morgan fingerprint density at radius 1 is 1.47 bits per heavy atom. The summed E-state index contributed by atoms with van der Waals surface area (Å²) in [6.07, 6.45) is 0. The number of hydrogen-bond donors (Lipinski definition) is 1. The number of nitrogens with zero attached hydrogens (tertiary/aromatic N) is 1. The number of carboxylic acids is 1. The summed E-state index contributed by atoms with van der Waals surface area (Å²) in [7, 11) is -2.86. The smallest absolute Gasteiger partial charge is 0.323 e. The molecule has 1 unspecified atom stereocenters. The Kier molecular flexibility index (Phi) is 3.72. The molecule has 0 aliphatic carbocycles. The van der Waals surface area contributed by atoms with Crippen LogP contribution in [0, 0.1) is 5.82 Å². The fourth-order valence-corrected chi connectivity index (χ4v) is 2.32. The molecule has 1 aromatic carbocycles. The van der Waals surface area contributed by atoms with Crippen LogP contribution in [-0.4, -0.2) is 31.8 Å². The molecule has 94 valence electrons. The van der Waals surface area contributed by atoms with Crippen LogP contribution in [0.2, 0.25) is 0 Å². The van der Waals surface area contributed by atoms with Crippen LogP contribution in [0.3, 0.4) is 0 Å². The second kappa shape index (κ2) is 4.70. The minimum atomic E-state index is -4.04. The summed E-state index contributed by atoms with van der Waals surface area (Å²) in [5.74, 6) is -2.04. The van der Waals surface area contributed by atoms with E-state index < -0.39 is 27.1 Å². The second-order valence-electron chi connectivity index (χ2n) is 3.47. The highest BCUT2D eigenvalue weighted by atomic mass is 32.2.